The third kappa shape index (κ3) is 3.93. The highest BCUT2D eigenvalue weighted by molar-refractivity contribution is 5.59. The van der Waals surface area contributed by atoms with Crippen LogP contribution >= 0.6 is 0 Å². The number of hydrogen-bond acceptors (Lipinski definition) is 5. The Morgan fingerprint density at radius 3 is 2.59 bits per heavy atom. The molecule has 29 heavy (non-hydrogen) atoms. The van der Waals surface area contributed by atoms with Gasteiger partial charge in [0, 0.05) is 37.2 Å². The molecule has 0 unspecified atom stereocenters. The molecule has 1 aliphatic rings. The fourth-order valence-electron chi connectivity index (χ4n) is 3.98. The molecule has 1 saturated heterocycles. The van der Waals surface area contributed by atoms with E-state index in [9.17, 15) is 0 Å². The molecule has 0 saturated carbocycles. The zero-order valence-electron chi connectivity index (χ0n) is 16.1. The van der Waals surface area contributed by atoms with Crippen molar-refractivity contribution < 1.29 is 0 Å². The van der Waals surface area contributed by atoms with Gasteiger partial charge in [-0.15, -0.1) is 0 Å². The Bertz CT molecular complexity index is 1060. The van der Waals surface area contributed by atoms with Crippen molar-refractivity contribution in [2.24, 2.45) is 0 Å². The molecule has 5 rings (SSSR count). The summed E-state index contributed by atoms with van der Waals surface area (Å²) in [6.07, 6.45) is 10.0. The first-order chi connectivity index (χ1) is 14.3. The second kappa shape index (κ2) is 7.93. The van der Waals surface area contributed by atoms with Crippen LogP contribution in [0.4, 0.5) is 0 Å². The second-order valence-corrected chi connectivity index (χ2v) is 7.44. The first-order valence-corrected chi connectivity index (χ1v) is 9.88. The van der Waals surface area contributed by atoms with Crippen LogP contribution in [0.2, 0.25) is 0 Å². The van der Waals surface area contributed by atoms with Crippen molar-refractivity contribution in [3.05, 3.63) is 90.9 Å². The molecule has 1 atom stereocenters. The number of hydrogen-bond donors (Lipinski definition) is 0. The van der Waals surface area contributed by atoms with Gasteiger partial charge in [0.2, 0.25) is 0 Å². The number of pyridine rings is 2. The van der Waals surface area contributed by atoms with Crippen LogP contribution in [0.1, 0.15) is 23.5 Å². The Labute approximate surface area is 169 Å². The van der Waals surface area contributed by atoms with Crippen molar-refractivity contribution >= 4 is 0 Å². The van der Waals surface area contributed by atoms with Gasteiger partial charge >= 0.3 is 0 Å². The minimum atomic E-state index is 0.549. The van der Waals surface area contributed by atoms with Crippen LogP contribution in [0, 0.1) is 0 Å². The van der Waals surface area contributed by atoms with E-state index in [0.29, 0.717) is 5.92 Å². The Morgan fingerprint density at radius 2 is 1.79 bits per heavy atom. The number of likely N-dealkylation sites (tertiary alicyclic amines) is 1. The molecule has 3 aromatic heterocycles. The van der Waals surface area contributed by atoms with Gasteiger partial charge in [0.25, 0.3) is 0 Å². The average molecular weight is 382 g/mol. The molecule has 0 radical (unpaired) electrons. The maximum Gasteiger partial charge on any atom is 0.138 e. The van der Waals surface area contributed by atoms with Crippen LogP contribution in [0.15, 0.2) is 79.8 Å². The van der Waals surface area contributed by atoms with Crippen LogP contribution in [0.3, 0.4) is 0 Å². The topological polar surface area (TPSA) is 59.7 Å². The minimum Gasteiger partial charge on any atom is -0.298 e. The van der Waals surface area contributed by atoms with Gasteiger partial charge in [-0.2, -0.15) is 5.10 Å². The summed E-state index contributed by atoms with van der Waals surface area (Å²) in [5, 5.41) is 4.18. The van der Waals surface area contributed by atoms with Gasteiger partial charge in [-0.1, -0.05) is 12.1 Å². The smallest absolute Gasteiger partial charge is 0.138 e. The van der Waals surface area contributed by atoms with E-state index in [0.717, 1.165) is 36.6 Å². The molecule has 6 nitrogen and oxygen atoms in total. The fourth-order valence-corrected chi connectivity index (χ4v) is 3.98. The molecule has 0 bridgehead atoms. The van der Waals surface area contributed by atoms with E-state index in [2.05, 4.69) is 61.3 Å². The Morgan fingerprint density at radius 1 is 0.931 bits per heavy atom. The van der Waals surface area contributed by atoms with Crippen molar-refractivity contribution in [1.29, 1.82) is 0 Å². The van der Waals surface area contributed by atoms with E-state index in [4.69, 9.17) is 0 Å². The van der Waals surface area contributed by atoms with Gasteiger partial charge in [-0.05, 0) is 66.4 Å². The molecular formula is C23H22N6. The zero-order chi connectivity index (χ0) is 19.5. The maximum atomic E-state index is 4.54. The SMILES string of the molecule is c1cc(-c2cc([C@H]3CCN(Cc4ccc(-n5cncn5)cc4)C3)ccn2)ccn1. The third-order valence-electron chi connectivity index (χ3n) is 5.53. The van der Waals surface area contributed by atoms with Crippen molar-refractivity contribution in [3.63, 3.8) is 0 Å². The van der Waals surface area contributed by atoms with Gasteiger partial charge in [0.1, 0.15) is 12.7 Å². The average Bonchev–Trinajstić information content (AvgIpc) is 3.48. The second-order valence-electron chi connectivity index (χ2n) is 7.44. The van der Waals surface area contributed by atoms with E-state index in [1.165, 1.54) is 17.5 Å². The molecule has 0 amide bonds. The summed E-state index contributed by atoms with van der Waals surface area (Å²) in [7, 11) is 0. The predicted molar refractivity (Wildman–Crippen MR) is 111 cm³/mol. The molecule has 0 spiro atoms. The highest BCUT2D eigenvalue weighted by Crippen LogP contribution is 2.30. The summed E-state index contributed by atoms with van der Waals surface area (Å²) >= 11 is 0. The Balaban J connectivity index is 1.25. The van der Waals surface area contributed by atoms with Gasteiger partial charge in [0.15, 0.2) is 0 Å². The molecule has 1 aliphatic heterocycles. The molecule has 144 valence electrons. The lowest BCUT2D eigenvalue weighted by molar-refractivity contribution is 0.327. The van der Waals surface area contributed by atoms with E-state index >= 15 is 0 Å². The monoisotopic (exact) mass is 382 g/mol. The molecule has 0 aliphatic carbocycles. The normalized spacial score (nSPS) is 16.9. The number of benzene rings is 1. The standard InChI is InChI=1S/C23H22N6/c1-3-22(29-17-25-16-27-29)4-2-18(1)14-28-12-8-21(15-28)20-7-11-26-23(13-20)19-5-9-24-10-6-19/h1-7,9-11,13,16-17,21H,8,12,14-15H2/t21-/m0/s1. The van der Waals surface area contributed by atoms with Gasteiger partial charge in [-0.3, -0.25) is 14.9 Å². The number of rotatable bonds is 5. The van der Waals surface area contributed by atoms with Crippen LogP contribution in [-0.4, -0.2) is 42.7 Å². The summed E-state index contributed by atoms with van der Waals surface area (Å²) in [5.41, 5.74) is 5.86. The largest absolute Gasteiger partial charge is 0.298 e. The molecule has 1 fully saturated rings. The molecular weight excluding hydrogens is 360 g/mol. The van der Waals surface area contributed by atoms with Crippen molar-refractivity contribution in [1.82, 2.24) is 29.6 Å². The van der Waals surface area contributed by atoms with E-state index in [1.807, 2.05) is 30.7 Å². The lowest BCUT2D eigenvalue weighted by atomic mass is 9.97. The predicted octanol–water partition coefficient (Wildman–Crippen LogP) is 3.71. The van der Waals surface area contributed by atoms with Crippen LogP contribution < -0.4 is 0 Å². The van der Waals surface area contributed by atoms with Crippen molar-refractivity contribution in [2.75, 3.05) is 13.1 Å². The molecule has 0 N–H and O–H groups in total. The highest BCUT2D eigenvalue weighted by atomic mass is 15.3. The lowest BCUT2D eigenvalue weighted by Gasteiger charge is -2.17. The van der Waals surface area contributed by atoms with Crippen molar-refractivity contribution in [3.8, 4) is 16.9 Å². The van der Waals surface area contributed by atoms with E-state index < -0.39 is 0 Å². The molecule has 6 heteroatoms. The zero-order valence-corrected chi connectivity index (χ0v) is 16.1. The van der Waals surface area contributed by atoms with Gasteiger partial charge in [-0.25, -0.2) is 9.67 Å². The number of nitrogens with zero attached hydrogens (tertiary/aromatic N) is 6. The third-order valence-corrected chi connectivity index (χ3v) is 5.53. The van der Waals surface area contributed by atoms with E-state index in [1.54, 1.807) is 17.3 Å². The molecule has 4 heterocycles. The quantitative estimate of drug-likeness (QED) is 0.527. The summed E-state index contributed by atoms with van der Waals surface area (Å²) in [6, 6.07) is 17.0. The first kappa shape index (κ1) is 17.7. The number of aromatic nitrogens is 5. The van der Waals surface area contributed by atoms with Crippen LogP contribution in [-0.2, 0) is 6.54 Å². The van der Waals surface area contributed by atoms with Gasteiger partial charge in [0.05, 0.1) is 11.4 Å². The summed E-state index contributed by atoms with van der Waals surface area (Å²) in [4.78, 5) is 15.2. The molecule has 1 aromatic carbocycles. The van der Waals surface area contributed by atoms with Crippen molar-refractivity contribution in [2.45, 2.75) is 18.9 Å². The lowest BCUT2D eigenvalue weighted by Crippen LogP contribution is -2.19. The first-order valence-electron chi connectivity index (χ1n) is 9.88. The van der Waals surface area contributed by atoms with E-state index in [-0.39, 0.29) is 0 Å². The maximum absolute atomic E-state index is 4.54. The summed E-state index contributed by atoms with van der Waals surface area (Å²) < 4.78 is 1.78. The molecule has 4 aromatic rings. The summed E-state index contributed by atoms with van der Waals surface area (Å²) in [5.74, 6) is 0.549. The minimum absolute atomic E-state index is 0.549. The van der Waals surface area contributed by atoms with Gasteiger partial charge < -0.3 is 0 Å². The summed E-state index contributed by atoms with van der Waals surface area (Å²) in [6.45, 7) is 3.16. The highest BCUT2D eigenvalue weighted by Gasteiger charge is 2.24. The Hall–Kier alpha value is -3.38. The van der Waals surface area contributed by atoms with Crippen LogP contribution in [0.5, 0.6) is 0 Å². The van der Waals surface area contributed by atoms with Crippen LogP contribution in [0.25, 0.3) is 16.9 Å². The fraction of sp³-hybridized carbons (Fsp3) is 0.217. The Kier molecular flexibility index (Phi) is 4.84.